The number of hydrogen-bond acceptors (Lipinski definition) is 3. The smallest absolute Gasteiger partial charge is 0.371 e. The van der Waals surface area contributed by atoms with Crippen LogP contribution in [0.15, 0.2) is 30.6 Å². The highest BCUT2D eigenvalue weighted by atomic mass is 19.4. The van der Waals surface area contributed by atoms with Crippen LogP contribution in [0, 0.1) is 12.7 Å². The molecule has 2 aromatic rings. The lowest BCUT2D eigenvalue weighted by Crippen LogP contribution is -2.32. The van der Waals surface area contributed by atoms with Gasteiger partial charge in [-0.2, -0.15) is 18.3 Å². The number of aromatic nitrogens is 2. The number of nitrogens with zero attached hydrogens (tertiary/aromatic N) is 2. The summed E-state index contributed by atoms with van der Waals surface area (Å²) in [6.07, 6.45) is -2.05. The van der Waals surface area contributed by atoms with Crippen molar-refractivity contribution in [3.05, 3.63) is 42.0 Å². The van der Waals surface area contributed by atoms with Crippen LogP contribution in [0.2, 0.25) is 0 Å². The summed E-state index contributed by atoms with van der Waals surface area (Å²) in [7, 11) is 0. The first-order valence-corrected chi connectivity index (χ1v) is 7.07. The van der Waals surface area contributed by atoms with Gasteiger partial charge in [0, 0.05) is 6.20 Å². The Morgan fingerprint density at radius 3 is 2.71 bits per heavy atom. The quantitative estimate of drug-likeness (QED) is 0.818. The molecule has 130 valence electrons. The number of halogens is 4. The number of amides is 1. The summed E-state index contributed by atoms with van der Waals surface area (Å²) in [5, 5.41) is 8.70. The molecule has 1 aromatic carbocycles. The van der Waals surface area contributed by atoms with Crippen LogP contribution in [0.25, 0.3) is 0 Å². The summed E-state index contributed by atoms with van der Waals surface area (Å²) in [6.45, 7) is 2.00. The molecule has 1 atom stereocenters. The van der Waals surface area contributed by atoms with Gasteiger partial charge in [0.2, 0.25) is 5.91 Å². The third-order valence-electron chi connectivity index (χ3n) is 3.13. The Hall–Kier alpha value is -2.58. The SMILES string of the molecule is Cc1ccc(NC(=O)[C@@H](C)Nc2cnn(CC(F)(F)F)c2)c(F)c1. The molecule has 1 amide bonds. The van der Waals surface area contributed by atoms with Crippen molar-refractivity contribution in [3.63, 3.8) is 0 Å². The largest absolute Gasteiger partial charge is 0.408 e. The molecule has 0 aliphatic rings. The predicted molar refractivity (Wildman–Crippen MR) is 81.1 cm³/mol. The van der Waals surface area contributed by atoms with Gasteiger partial charge in [-0.1, -0.05) is 6.07 Å². The maximum atomic E-state index is 13.7. The fourth-order valence-electron chi connectivity index (χ4n) is 1.99. The molecule has 1 aromatic heterocycles. The molecule has 5 nitrogen and oxygen atoms in total. The molecule has 9 heteroatoms. The van der Waals surface area contributed by atoms with Crippen LogP contribution in [0.1, 0.15) is 12.5 Å². The third-order valence-corrected chi connectivity index (χ3v) is 3.13. The van der Waals surface area contributed by atoms with E-state index in [1.165, 1.54) is 25.3 Å². The van der Waals surface area contributed by atoms with E-state index in [1.54, 1.807) is 13.0 Å². The maximum Gasteiger partial charge on any atom is 0.408 e. The minimum atomic E-state index is -4.38. The molecular formula is C15H16F4N4O. The number of carbonyl (C=O) groups is 1. The topological polar surface area (TPSA) is 59.0 Å². The molecule has 2 rings (SSSR count). The highest BCUT2D eigenvalue weighted by Gasteiger charge is 2.28. The van der Waals surface area contributed by atoms with E-state index in [4.69, 9.17) is 0 Å². The van der Waals surface area contributed by atoms with Crippen LogP contribution in [0.5, 0.6) is 0 Å². The van der Waals surface area contributed by atoms with Gasteiger partial charge in [0.05, 0.1) is 17.6 Å². The molecule has 0 saturated carbocycles. The summed E-state index contributed by atoms with van der Waals surface area (Å²) < 4.78 is 51.2. The number of alkyl halides is 3. The lowest BCUT2D eigenvalue weighted by atomic mass is 10.2. The third kappa shape index (κ3) is 4.97. The van der Waals surface area contributed by atoms with Crippen molar-refractivity contribution >= 4 is 17.3 Å². The van der Waals surface area contributed by atoms with Gasteiger partial charge in [0.25, 0.3) is 0 Å². The average molecular weight is 344 g/mol. The van der Waals surface area contributed by atoms with E-state index in [9.17, 15) is 22.4 Å². The number of rotatable bonds is 5. The second-order valence-electron chi connectivity index (χ2n) is 5.38. The molecule has 0 unspecified atom stereocenters. The van der Waals surface area contributed by atoms with Gasteiger partial charge in [-0.15, -0.1) is 0 Å². The highest BCUT2D eigenvalue weighted by molar-refractivity contribution is 5.96. The summed E-state index contributed by atoms with van der Waals surface area (Å²) in [5.74, 6) is -1.09. The Kier molecular flexibility index (Phi) is 5.10. The molecule has 2 N–H and O–H groups in total. The van der Waals surface area contributed by atoms with E-state index in [1.807, 2.05) is 0 Å². The van der Waals surface area contributed by atoms with Gasteiger partial charge in [0.1, 0.15) is 18.4 Å². The number of nitrogens with one attached hydrogen (secondary N) is 2. The van der Waals surface area contributed by atoms with Crippen LogP contribution in [-0.2, 0) is 11.3 Å². The van der Waals surface area contributed by atoms with Crippen LogP contribution in [-0.4, -0.2) is 27.9 Å². The van der Waals surface area contributed by atoms with Crippen molar-refractivity contribution in [2.45, 2.75) is 32.6 Å². The highest BCUT2D eigenvalue weighted by Crippen LogP contribution is 2.19. The fourth-order valence-corrected chi connectivity index (χ4v) is 1.99. The standard InChI is InChI=1S/C15H16F4N4O/c1-9-3-4-13(12(16)5-9)22-14(24)10(2)21-11-6-20-23(7-11)8-15(17,18)19/h3-7,10,21H,8H2,1-2H3,(H,22,24)/t10-/m1/s1. The zero-order valence-electron chi connectivity index (χ0n) is 13.0. The molecule has 24 heavy (non-hydrogen) atoms. The number of anilines is 2. The van der Waals surface area contributed by atoms with Gasteiger partial charge in [0.15, 0.2) is 0 Å². The van der Waals surface area contributed by atoms with E-state index < -0.39 is 30.5 Å². The lowest BCUT2D eigenvalue weighted by molar-refractivity contribution is -0.142. The summed E-state index contributed by atoms with van der Waals surface area (Å²) in [4.78, 5) is 12.0. The molecule has 0 aliphatic heterocycles. The van der Waals surface area contributed by atoms with Crippen LogP contribution in [0.3, 0.4) is 0 Å². The van der Waals surface area contributed by atoms with Crippen molar-refractivity contribution in [2.75, 3.05) is 10.6 Å². The minimum absolute atomic E-state index is 0.0343. The average Bonchev–Trinajstić information content (AvgIpc) is 2.86. The lowest BCUT2D eigenvalue weighted by Gasteiger charge is -2.14. The monoisotopic (exact) mass is 344 g/mol. The van der Waals surface area contributed by atoms with Crippen molar-refractivity contribution in [3.8, 4) is 0 Å². The summed E-state index contributed by atoms with van der Waals surface area (Å²) >= 11 is 0. The number of carbonyl (C=O) groups excluding carboxylic acids is 1. The van der Waals surface area contributed by atoms with Gasteiger partial charge >= 0.3 is 6.18 Å². The molecule has 0 saturated heterocycles. The van der Waals surface area contributed by atoms with Gasteiger partial charge in [-0.05, 0) is 31.5 Å². The van der Waals surface area contributed by atoms with E-state index >= 15 is 0 Å². The van der Waals surface area contributed by atoms with Gasteiger partial charge in [-0.25, -0.2) is 4.39 Å². The van der Waals surface area contributed by atoms with E-state index in [0.717, 1.165) is 6.20 Å². The van der Waals surface area contributed by atoms with Crippen molar-refractivity contribution in [2.24, 2.45) is 0 Å². The minimum Gasteiger partial charge on any atom is -0.371 e. The molecule has 0 fully saturated rings. The Bertz CT molecular complexity index is 727. The first-order valence-electron chi connectivity index (χ1n) is 7.07. The second-order valence-corrected chi connectivity index (χ2v) is 5.38. The van der Waals surface area contributed by atoms with E-state index in [2.05, 4.69) is 15.7 Å². The second kappa shape index (κ2) is 6.90. The molecular weight excluding hydrogens is 328 g/mol. The van der Waals surface area contributed by atoms with Crippen molar-refractivity contribution in [1.82, 2.24) is 9.78 Å². The van der Waals surface area contributed by atoms with Crippen LogP contribution in [0.4, 0.5) is 28.9 Å². The number of aryl methyl sites for hydroxylation is 1. The summed E-state index contributed by atoms with van der Waals surface area (Å²) in [5.41, 5.74) is 1.01. The van der Waals surface area contributed by atoms with E-state index in [0.29, 0.717) is 10.2 Å². The Morgan fingerprint density at radius 2 is 2.08 bits per heavy atom. The first-order chi connectivity index (χ1) is 11.1. The van der Waals surface area contributed by atoms with Gasteiger partial charge < -0.3 is 10.6 Å². The molecule has 0 spiro atoms. The first kappa shape index (κ1) is 17.8. The normalized spacial score (nSPS) is 12.8. The van der Waals surface area contributed by atoms with Gasteiger partial charge in [-0.3, -0.25) is 9.48 Å². The Labute approximate surface area is 135 Å². The maximum absolute atomic E-state index is 13.7. The van der Waals surface area contributed by atoms with Crippen molar-refractivity contribution in [1.29, 1.82) is 0 Å². The molecule has 0 radical (unpaired) electrons. The fraction of sp³-hybridized carbons (Fsp3) is 0.333. The molecule has 0 bridgehead atoms. The molecule has 0 aliphatic carbocycles. The number of hydrogen-bond donors (Lipinski definition) is 2. The zero-order chi connectivity index (χ0) is 17.9. The zero-order valence-corrected chi connectivity index (χ0v) is 13.0. The van der Waals surface area contributed by atoms with Crippen molar-refractivity contribution < 1.29 is 22.4 Å². The Morgan fingerprint density at radius 1 is 1.38 bits per heavy atom. The predicted octanol–water partition coefficient (Wildman–Crippen LogP) is 3.33. The summed E-state index contributed by atoms with van der Waals surface area (Å²) in [6, 6.07) is 3.58. The van der Waals surface area contributed by atoms with Crippen LogP contribution < -0.4 is 10.6 Å². The Balaban J connectivity index is 1.96. The van der Waals surface area contributed by atoms with Crippen LogP contribution >= 0.6 is 0 Å². The number of benzene rings is 1. The molecule has 1 heterocycles. The van der Waals surface area contributed by atoms with E-state index in [-0.39, 0.29) is 11.4 Å².